The normalized spacial score (nSPS) is 12.7. The van der Waals surface area contributed by atoms with Gasteiger partial charge in [-0.2, -0.15) is 0 Å². The van der Waals surface area contributed by atoms with E-state index in [1.807, 2.05) is 70.2 Å². The van der Waals surface area contributed by atoms with Crippen LogP contribution < -0.4 is 10.1 Å². The Morgan fingerprint density at radius 2 is 1.81 bits per heavy atom. The van der Waals surface area contributed by atoms with E-state index in [-0.39, 0.29) is 24.5 Å². The highest BCUT2D eigenvalue weighted by molar-refractivity contribution is 9.10. The van der Waals surface area contributed by atoms with Crippen LogP contribution in [0.25, 0.3) is 0 Å². The summed E-state index contributed by atoms with van der Waals surface area (Å²) in [4.78, 5) is 28.0. The monoisotopic (exact) mass is 502 g/mol. The first-order valence-electron chi connectivity index (χ1n) is 11.4. The van der Waals surface area contributed by atoms with Crippen molar-refractivity contribution in [1.29, 1.82) is 0 Å². The molecule has 0 bridgehead atoms. The van der Waals surface area contributed by atoms with E-state index < -0.39 is 6.04 Å². The fraction of sp³-hybridized carbons (Fsp3) is 0.462. The number of nitrogens with one attached hydrogen (secondary N) is 1. The van der Waals surface area contributed by atoms with Crippen molar-refractivity contribution in [3.8, 4) is 5.75 Å². The molecule has 2 amide bonds. The minimum atomic E-state index is -0.564. The van der Waals surface area contributed by atoms with E-state index in [0.717, 1.165) is 28.4 Å². The molecule has 2 aromatic carbocycles. The number of rotatable bonds is 11. The van der Waals surface area contributed by atoms with Crippen molar-refractivity contribution in [1.82, 2.24) is 10.2 Å². The van der Waals surface area contributed by atoms with Crippen molar-refractivity contribution in [2.24, 2.45) is 0 Å². The van der Waals surface area contributed by atoms with Gasteiger partial charge in [0.05, 0.1) is 4.47 Å². The summed E-state index contributed by atoms with van der Waals surface area (Å²) in [5, 5.41) is 3.03. The van der Waals surface area contributed by atoms with Crippen LogP contribution in [0.2, 0.25) is 0 Å². The smallest absolute Gasteiger partial charge is 0.261 e. The van der Waals surface area contributed by atoms with E-state index in [0.29, 0.717) is 18.7 Å². The molecule has 0 aromatic heterocycles. The van der Waals surface area contributed by atoms with Crippen molar-refractivity contribution in [2.75, 3.05) is 6.61 Å². The third-order valence-corrected chi connectivity index (χ3v) is 6.36. The Morgan fingerprint density at radius 3 is 2.41 bits per heavy atom. The van der Waals surface area contributed by atoms with Crippen LogP contribution in [0.1, 0.15) is 57.2 Å². The number of halogens is 1. The van der Waals surface area contributed by atoms with Crippen LogP contribution in [-0.4, -0.2) is 35.4 Å². The lowest BCUT2D eigenvalue weighted by atomic mass is 10.1. The second kappa shape index (κ2) is 12.6. The van der Waals surface area contributed by atoms with Crippen molar-refractivity contribution < 1.29 is 14.3 Å². The molecule has 0 heterocycles. The Hall–Kier alpha value is -2.34. The highest BCUT2D eigenvalue weighted by atomic mass is 79.9. The van der Waals surface area contributed by atoms with Gasteiger partial charge in [0, 0.05) is 12.6 Å². The van der Waals surface area contributed by atoms with Gasteiger partial charge in [-0.1, -0.05) is 51.1 Å². The molecule has 174 valence electrons. The van der Waals surface area contributed by atoms with Gasteiger partial charge in [-0.3, -0.25) is 9.59 Å². The summed E-state index contributed by atoms with van der Waals surface area (Å²) in [7, 11) is 0. The fourth-order valence-corrected chi connectivity index (χ4v) is 3.98. The van der Waals surface area contributed by atoms with E-state index in [4.69, 9.17) is 4.74 Å². The standard InChI is InChI=1S/C26H35BrN2O3/c1-6-19(5)28-26(31)23(8-3)29(16-21-12-10-9-11-18(21)4)25(30)17-32-24-14-13-20(7-2)15-22(24)27/h9-15,19,23H,6-8,16-17H2,1-5H3,(H,28,31). The van der Waals surface area contributed by atoms with E-state index >= 15 is 0 Å². The summed E-state index contributed by atoms with van der Waals surface area (Å²) in [5.74, 6) is 0.270. The molecule has 2 unspecified atom stereocenters. The van der Waals surface area contributed by atoms with Crippen LogP contribution in [0.3, 0.4) is 0 Å². The minimum absolute atomic E-state index is 0.0521. The summed E-state index contributed by atoms with van der Waals surface area (Å²) in [6, 6.07) is 13.3. The fourth-order valence-electron chi connectivity index (χ4n) is 3.44. The topological polar surface area (TPSA) is 58.6 Å². The van der Waals surface area contributed by atoms with Gasteiger partial charge in [0.25, 0.3) is 5.91 Å². The summed E-state index contributed by atoms with van der Waals surface area (Å²) < 4.78 is 6.67. The first kappa shape index (κ1) is 25.9. The van der Waals surface area contributed by atoms with E-state index in [2.05, 4.69) is 28.2 Å². The predicted octanol–water partition coefficient (Wildman–Crippen LogP) is 5.42. The number of hydrogen-bond acceptors (Lipinski definition) is 3. The molecule has 2 rings (SSSR count). The Bertz CT molecular complexity index is 916. The van der Waals surface area contributed by atoms with Gasteiger partial charge in [0.2, 0.25) is 5.91 Å². The van der Waals surface area contributed by atoms with E-state index in [9.17, 15) is 9.59 Å². The van der Waals surface area contributed by atoms with Gasteiger partial charge in [-0.15, -0.1) is 0 Å². The van der Waals surface area contributed by atoms with Gasteiger partial charge >= 0.3 is 0 Å². The maximum atomic E-state index is 13.3. The molecule has 1 N–H and O–H groups in total. The molecule has 0 aliphatic carbocycles. The zero-order valence-electron chi connectivity index (χ0n) is 19.8. The van der Waals surface area contributed by atoms with E-state index in [1.54, 1.807) is 4.90 Å². The molecule has 0 saturated carbocycles. The maximum absolute atomic E-state index is 13.3. The Morgan fingerprint density at radius 1 is 1.09 bits per heavy atom. The number of aryl methyl sites for hydroxylation is 2. The summed E-state index contributed by atoms with van der Waals surface area (Å²) >= 11 is 3.53. The lowest BCUT2D eigenvalue weighted by molar-refractivity contribution is -0.143. The first-order valence-corrected chi connectivity index (χ1v) is 12.1. The molecular weight excluding hydrogens is 468 g/mol. The molecule has 0 radical (unpaired) electrons. The zero-order chi connectivity index (χ0) is 23.7. The largest absolute Gasteiger partial charge is 0.483 e. The van der Waals surface area contributed by atoms with Gasteiger partial charge in [0.1, 0.15) is 11.8 Å². The molecule has 32 heavy (non-hydrogen) atoms. The predicted molar refractivity (Wildman–Crippen MR) is 133 cm³/mol. The third-order valence-electron chi connectivity index (χ3n) is 5.74. The molecule has 0 saturated heterocycles. The number of hydrogen-bond donors (Lipinski definition) is 1. The van der Waals surface area contributed by atoms with E-state index in [1.165, 1.54) is 5.56 Å². The van der Waals surface area contributed by atoms with Crippen LogP contribution in [-0.2, 0) is 22.6 Å². The van der Waals surface area contributed by atoms with Crippen LogP contribution in [0, 0.1) is 6.92 Å². The second-order valence-electron chi connectivity index (χ2n) is 8.10. The number of carbonyl (C=O) groups excluding carboxylic acids is 2. The molecule has 2 aromatic rings. The van der Waals surface area contributed by atoms with Crippen molar-refractivity contribution in [3.63, 3.8) is 0 Å². The van der Waals surface area contributed by atoms with Crippen molar-refractivity contribution in [3.05, 3.63) is 63.6 Å². The van der Waals surface area contributed by atoms with Gasteiger partial charge < -0.3 is 15.0 Å². The highest BCUT2D eigenvalue weighted by Gasteiger charge is 2.29. The molecule has 0 aliphatic rings. The minimum Gasteiger partial charge on any atom is -0.483 e. The van der Waals surface area contributed by atoms with Gasteiger partial charge in [-0.05, 0) is 77.9 Å². The number of benzene rings is 2. The number of nitrogens with zero attached hydrogens (tertiary/aromatic N) is 1. The molecule has 6 heteroatoms. The molecular formula is C26H35BrN2O3. The van der Waals surface area contributed by atoms with Gasteiger partial charge in [-0.25, -0.2) is 0 Å². The Kier molecular flexibility index (Phi) is 10.2. The number of ether oxygens (including phenoxy) is 1. The van der Waals surface area contributed by atoms with Crippen LogP contribution in [0.4, 0.5) is 0 Å². The average molecular weight is 503 g/mol. The molecule has 0 spiro atoms. The Balaban J connectivity index is 2.24. The maximum Gasteiger partial charge on any atom is 0.261 e. The second-order valence-corrected chi connectivity index (χ2v) is 8.95. The van der Waals surface area contributed by atoms with Crippen molar-refractivity contribution >= 4 is 27.7 Å². The van der Waals surface area contributed by atoms with Gasteiger partial charge in [0.15, 0.2) is 6.61 Å². The third kappa shape index (κ3) is 7.09. The summed E-state index contributed by atoms with van der Waals surface area (Å²) in [6.07, 6.45) is 2.28. The first-order chi connectivity index (χ1) is 15.3. The lowest BCUT2D eigenvalue weighted by Gasteiger charge is -2.31. The summed E-state index contributed by atoms with van der Waals surface area (Å²) in [5.41, 5.74) is 3.29. The zero-order valence-corrected chi connectivity index (χ0v) is 21.4. The highest BCUT2D eigenvalue weighted by Crippen LogP contribution is 2.26. The van der Waals surface area contributed by atoms with Crippen LogP contribution in [0.5, 0.6) is 5.75 Å². The average Bonchev–Trinajstić information content (AvgIpc) is 2.78. The summed E-state index contributed by atoms with van der Waals surface area (Å²) in [6.45, 7) is 10.3. The Labute approximate surface area is 200 Å². The lowest BCUT2D eigenvalue weighted by Crippen LogP contribution is -2.51. The molecule has 5 nitrogen and oxygen atoms in total. The molecule has 2 atom stereocenters. The van der Waals surface area contributed by atoms with Crippen molar-refractivity contribution in [2.45, 2.75) is 72.5 Å². The quantitative estimate of drug-likeness (QED) is 0.446. The molecule has 0 fully saturated rings. The number of amides is 2. The van der Waals surface area contributed by atoms with Crippen LogP contribution in [0.15, 0.2) is 46.9 Å². The van der Waals surface area contributed by atoms with Crippen LogP contribution >= 0.6 is 15.9 Å². The number of carbonyl (C=O) groups is 2. The molecule has 0 aliphatic heterocycles. The SMILES string of the molecule is CCc1ccc(OCC(=O)N(Cc2ccccc2C)C(CC)C(=O)NC(C)CC)c(Br)c1.